The van der Waals surface area contributed by atoms with E-state index >= 15 is 0 Å². The third-order valence-electron chi connectivity index (χ3n) is 3.89. The van der Waals surface area contributed by atoms with Crippen molar-refractivity contribution in [2.45, 2.75) is 9.79 Å². The van der Waals surface area contributed by atoms with Crippen molar-refractivity contribution in [2.75, 3.05) is 11.5 Å². The molecule has 0 aromatic heterocycles. The monoisotopic (exact) mass is 394 g/mol. The zero-order valence-corrected chi connectivity index (χ0v) is 14.8. The number of hydrogen-bond acceptors (Lipinski definition) is 6. The van der Waals surface area contributed by atoms with Crippen LogP contribution in [0.25, 0.3) is 21.9 Å². The molecule has 136 valence electrons. The lowest BCUT2D eigenvalue weighted by molar-refractivity contribution is 0.482. The van der Waals surface area contributed by atoms with Gasteiger partial charge in [0.15, 0.2) is 0 Å². The number of anilines is 2. The molecule has 0 spiro atoms. The summed E-state index contributed by atoms with van der Waals surface area (Å²) in [6.45, 7) is 0. The molecule has 3 aromatic rings. The summed E-state index contributed by atoms with van der Waals surface area (Å²) in [6.07, 6.45) is 0. The minimum atomic E-state index is -4.82. The molecule has 0 saturated heterocycles. The Morgan fingerprint density at radius 1 is 0.769 bits per heavy atom. The SMILES string of the molecule is Nc1ccc(-c2ccc3cc(S(=O)(=O)O)cc(S(=O)(=O)O)c3c2N)cc1. The van der Waals surface area contributed by atoms with Crippen molar-refractivity contribution in [1.82, 2.24) is 0 Å². The molecule has 0 saturated carbocycles. The van der Waals surface area contributed by atoms with Crippen molar-refractivity contribution < 1.29 is 25.9 Å². The lowest BCUT2D eigenvalue weighted by atomic mass is 9.98. The largest absolute Gasteiger partial charge is 0.399 e. The van der Waals surface area contributed by atoms with Crippen LogP contribution in [0.15, 0.2) is 58.3 Å². The van der Waals surface area contributed by atoms with Gasteiger partial charge in [-0.25, -0.2) is 0 Å². The highest BCUT2D eigenvalue weighted by Crippen LogP contribution is 2.37. The Balaban J connectivity index is 2.43. The van der Waals surface area contributed by atoms with E-state index in [1.54, 1.807) is 30.3 Å². The molecule has 0 unspecified atom stereocenters. The topological polar surface area (TPSA) is 161 Å². The fourth-order valence-electron chi connectivity index (χ4n) is 2.69. The molecule has 0 atom stereocenters. The van der Waals surface area contributed by atoms with Crippen LogP contribution < -0.4 is 11.5 Å². The second kappa shape index (κ2) is 5.95. The molecule has 0 bridgehead atoms. The Hall–Kier alpha value is -2.66. The number of benzene rings is 3. The highest BCUT2D eigenvalue weighted by molar-refractivity contribution is 7.86. The van der Waals surface area contributed by atoms with Crippen molar-refractivity contribution >= 4 is 42.4 Å². The predicted octanol–water partition coefficient (Wildman–Crippen LogP) is 2.16. The lowest BCUT2D eigenvalue weighted by Gasteiger charge is -2.13. The van der Waals surface area contributed by atoms with Crippen LogP contribution in [-0.2, 0) is 20.2 Å². The standard InChI is InChI=1S/C16H14N2O6S2/c17-11-4-1-9(2-5-11)13-6-3-10-7-12(25(19,20)21)8-14(26(22,23)24)15(10)16(13)18/h1-8H,17-18H2,(H,19,20,21)(H,22,23,24). The van der Waals surface area contributed by atoms with Gasteiger partial charge in [0.25, 0.3) is 20.2 Å². The van der Waals surface area contributed by atoms with E-state index in [4.69, 9.17) is 11.5 Å². The van der Waals surface area contributed by atoms with Gasteiger partial charge in [-0.3, -0.25) is 9.11 Å². The Morgan fingerprint density at radius 2 is 1.38 bits per heavy atom. The maximum atomic E-state index is 11.8. The molecule has 0 heterocycles. The van der Waals surface area contributed by atoms with E-state index in [0.29, 0.717) is 22.9 Å². The van der Waals surface area contributed by atoms with Crippen molar-refractivity contribution in [3.63, 3.8) is 0 Å². The van der Waals surface area contributed by atoms with Gasteiger partial charge in [0, 0.05) is 22.3 Å². The highest BCUT2D eigenvalue weighted by atomic mass is 32.2. The molecule has 3 aromatic carbocycles. The lowest BCUT2D eigenvalue weighted by Crippen LogP contribution is -2.06. The number of nitrogens with two attached hydrogens (primary N) is 2. The van der Waals surface area contributed by atoms with Gasteiger partial charge < -0.3 is 11.5 Å². The molecule has 0 aliphatic heterocycles. The summed E-state index contributed by atoms with van der Waals surface area (Å²) in [6, 6.07) is 11.4. The van der Waals surface area contributed by atoms with Crippen LogP contribution in [0, 0.1) is 0 Å². The zero-order chi connectivity index (χ0) is 19.3. The van der Waals surface area contributed by atoms with E-state index in [1.807, 2.05) is 0 Å². The van der Waals surface area contributed by atoms with Crippen LogP contribution in [0.2, 0.25) is 0 Å². The van der Waals surface area contributed by atoms with Gasteiger partial charge in [-0.15, -0.1) is 0 Å². The fourth-order valence-corrected chi connectivity index (χ4v) is 4.07. The predicted molar refractivity (Wildman–Crippen MR) is 97.8 cm³/mol. The van der Waals surface area contributed by atoms with E-state index in [9.17, 15) is 25.9 Å². The molecule has 26 heavy (non-hydrogen) atoms. The average Bonchev–Trinajstić information content (AvgIpc) is 2.53. The van der Waals surface area contributed by atoms with Crippen LogP contribution in [0.5, 0.6) is 0 Å². The molecule has 0 amide bonds. The minimum absolute atomic E-state index is 0.0294. The molecular formula is C16H14N2O6S2. The number of fused-ring (bicyclic) bond motifs is 1. The summed E-state index contributed by atoms with van der Waals surface area (Å²) in [5.74, 6) is 0. The van der Waals surface area contributed by atoms with Gasteiger partial charge in [0.2, 0.25) is 0 Å². The quantitative estimate of drug-likeness (QED) is 0.388. The fraction of sp³-hybridized carbons (Fsp3) is 0. The molecule has 6 N–H and O–H groups in total. The molecular weight excluding hydrogens is 380 g/mol. The first-order valence-electron chi connectivity index (χ1n) is 7.15. The molecule has 8 nitrogen and oxygen atoms in total. The van der Waals surface area contributed by atoms with Crippen LogP contribution >= 0.6 is 0 Å². The van der Waals surface area contributed by atoms with Crippen LogP contribution in [0.1, 0.15) is 0 Å². The number of rotatable bonds is 3. The molecule has 0 aliphatic rings. The maximum absolute atomic E-state index is 11.8. The first-order valence-corrected chi connectivity index (χ1v) is 10.0. The minimum Gasteiger partial charge on any atom is -0.399 e. The van der Waals surface area contributed by atoms with Crippen molar-refractivity contribution in [2.24, 2.45) is 0 Å². The Kier molecular flexibility index (Phi) is 4.15. The van der Waals surface area contributed by atoms with E-state index in [-0.39, 0.29) is 16.5 Å². The second-order valence-corrected chi connectivity index (χ2v) is 8.43. The van der Waals surface area contributed by atoms with Gasteiger partial charge in [-0.1, -0.05) is 24.3 Å². The van der Waals surface area contributed by atoms with E-state index in [0.717, 1.165) is 6.07 Å². The summed E-state index contributed by atoms with van der Waals surface area (Å²) in [7, 11) is -9.50. The van der Waals surface area contributed by atoms with Gasteiger partial charge >= 0.3 is 0 Å². The van der Waals surface area contributed by atoms with Crippen molar-refractivity contribution in [3.05, 3.63) is 48.5 Å². The summed E-state index contributed by atoms with van der Waals surface area (Å²) in [4.78, 5) is -1.38. The Bertz CT molecular complexity index is 1230. The van der Waals surface area contributed by atoms with Gasteiger partial charge in [0.1, 0.15) is 4.90 Å². The van der Waals surface area contributed by atoms with Crippen molar-refractivity contribution in [1.29, 1.82) is 0 Å². The smallest absolute Gasteiger partial charge is 0.295 e. The van der Waals surface area contributed by atoms with Gasteiger partial charge in [0.05, 0.1) is 4.90 Å². The van der Waals surface area contributed by atoms with Crippen LogP contribution in [0.3, 0.4) is 0 Å². The molecule has 0 radical (unpaired) electrons. The Morgan fingerprint density at radius 3 is 1.92 bits per heavy atom. The van der Waals surface area contributed by atoms with E-state index in [2.05, 4.69) is 0 Å². The summed E-state index contributed by atoms with van der Waals surface area (Å²) >= 11 is 0. The van der Waals surface area contributed by atoms with Crippen LogP contribution in [0.4, 0.5) is 11.4 Å². The zero-order valence-electron chi connectivity index (χ0n) is 13.1. The Labute approximate surface area is 149 Å². The van der Waals surface area contributed by atoms with Crippen molar-refractivity contribution in [3.8, 4) is 11.1 Å². The van der Waals surface area contributed by atoms with E-state index in [1.165, 1.54) is 6.07 Å². The van der Waals surface area contributed by atoms with Gasteiger partial charge in [-0.05, 0) is 35.2 Å². The first kappa shape index (κ1) is 18.1. The number of nitrogen functional groups attached to an aromatic ring is 2. The third-order valence-corrected chi connectivity index (χ3v) is 5.60. The summed E-state index contributed by atoms with van der Waals surface area (Å²) < 4.78 is 65.1. The summed E-state index contributed by atoms with van der Waals surface area (Å²) in [5.41, 5.74) is 13.5. The average molecular weight is 394 g/mol. The number of hydrogen-bond donors (Lipinski definition) is 4. The normalized spacial score (nSPS) is 12.4. The summed E-state index contributed by atoms with van der Waals surface area (Å²) in [5, 5.41) is 0.0821. The van der Waals surface area contributed by atoms with Crippen LogP contribution in [-0.4, -0.2) is 25.9 Å². The molecule has 0 fully saturated rings. The third kappa shape index (κ3) is 3.22. The highest BCUT2D eigenvalue weighted by Gasteiger charge is 2.23. The molecule has 0 aliphatic carbocycles. The second-order valence-electron chi connectivity index (χ2n) is 5.62. The molecule has 10 heteroatoms. The van der Waals surface area contributed by atoms with Gasteiger partial charge in [-0.2, -0.15) is 16.8 Å². The molecule has 3 rings (SSSR count). The first-order chi connectivity index (χ1) is 12.0. The van der Waals surface area contributed by atoms with E-state index < -0.39 is 30.0 Å². The maximum Gasteiger partial charge on any atom is 0.295 e.